The van der Waals surface area contributed by atoms with Gasteiger partial charge in [-0.25, -0.2) is 0 Å². The lowest BCUT2D eigenvalue weighted by Crippen LogP contribution is -2.50. The van der Waals surface area contributed by atoms with Gasteiger partial charge in [-0.15, -0.1) is 0 Å². The van der Waals surface area contributed by atoms with Gasteiger partial charge < -0.3 is 13.3 Å². The van der Waals surface area contributed by atoms with Crippen LogP contribution in [0.4, 0.5) is 0 Å². The Labute approximate surface area is 130 Å². The third-order valence-electron chi connectivity index (χ3n) is 4.41. The van der Waals surface area contributed by atoms with Crippen LogP contribution < -0.4 is 0 Å². The molecule has 0 aliphatic heterocycles. The van der Waals surface area contributed by atoms with E-state index in [1.165, 1.54) is 19.3 Å². The lowest BCUT2D eigenvalue weighted by molar-refractivity contribution is -0.126. The maximum absolute atomic E-state index is 11.9. The van der Waals surface area contributed by atoms with Crippen LogP contribution in [0.15, 0.2) is 0 Å². The summed E-state index contributed by atoms with van der Waals surface area (Å²) in [5, 5.41) is 0. The van der Waals surface area contributed by atoms with Crippen LogP contribution in [0.5, 0.6) is 0 Å². The fourth-order valence-corrected chi connectivity index (χ4v) is 5.34. The van der Waals surface area contributed by atoms with E-state index < -0.39 is 8.80 Å². The molecule has 0 aromatic carbocycles. The van der Waals surface area contributed by atoms with Gasteiger partial charge in [0.2, 0.25) is 0 Å². The Hall–Kier alpha value is -0.233. The van der Waals surface area contributed by atoms with Crippen molar-refractivity contribution in [3.63, 3.8) is 0 Å². The molecular weight excluding hydrogens is 284 g/mol. The van der Waals surface area contributed by atoms with Crippen LogP contribution >= 0.6 is 0 Å². The van der Waals surface area contributed by atoms with E-state index in [0.717, 1.165) is 12.8 Å². The van der Waals surface area contributed by atoms with Gasteiger partial charge in [0, 0.05) is 25.7 Å². The van der Waals surface area contributed by atoms with Gasteiger partial charge in [-0.2, -0.15) is 0 Å². The molecule has 0 unspecified atom stereocenters. The van der Waals surface area contributed by atoms with Crippen LogP contribution in [0.25, 0.3) is 0 Å². The van der Waals surface area contributed by atoms with Crippen molar-refractivity contribution < 1.29 is 18.1 Å². The number of rotatable bonds is 9. The molecule has 0 aromatic heterocycles. The van der Waals surface area contributed by atoms with Gasteiger partial charge in [0.25, 0.3) is 0 Å². The zero-order valence-electron chi connectivity index (χ0n) is 14.3. The van der Waals surface area contributed by atoms with Crippen LogP contribution in [-0.2, 0) is 18.1 Å². The Morgan fingerprint density at radius 1 is 1.14 bits per heavy atom. The maximum Gasteiger partial charge on any atom is 0.497 e. The summed E-state index contributed by atoms with van der Waals surface area (Å²) >= 11 is 0. The minimum atomic E-state index is -2.66. The molecule has 0 N–H and O–H groups in total. The van der Waals surface area contributed by atoms with E-state index in [0.29, 0.717) is 19.1 Å². The summed E-state index contributed by atoms with van der Waals surface area (Å²) in [4.78, 5) is 11.9. The summed E-state index contributed by atoms with van der Waals surface area (Å²) in [5.41, 5.74) is 0. The highest BCUT2D eigenvalue weighted by Gasteiger charge is 2.42. The summed E-state index contributed by atoms with van der Waals surface area (Å²) in [6.45, 7) is 10.7. The summed E-state index contributed by atoms with van der Waals surface area (Å²) in [5.74, 6) is 0.543. The zero-order valence-corrected chi connectivity index (χ0v) is 15.3. The molecule has 0 spiro atoms. The summed E-state index contributed by atoms with van der Waals surface area (Å²) in [6.07, 6.45) is 5.98. The van der Waals surface area contributed by atoms with Gasteiger partial charge in [0.1, 0.15) is 5.78 Å². The first-order valence-electron chi connectivity index (χ1n) is 8.39. The van der Waals surface area contributed by atoms with Crippen molar-refractivity contribution in [2.75, 3.05) is 13.2 Å². The lowest BCUT2D eigenvalue weighted by Gasteiger charge is -2.38. The number of Topliss-reactive ketones (excluding diaryl/α,β-unsaturated/α-hetero) is 1. The Balaban J connectivity index is 2.85. The standard InChI is InChI=1S/C16H32O4Si/c1-6-18-21(5,19-7-2)20-16(13(3)14(4)17)15-11-9-8-10-12-15/h13,15-16H,6-12H2,1-5H3/t13-,16-/m0/s1. The molecule has 1 saturated carbocycles. The highest BCUT2D eigenvalue weighted by molar-refractivity contribution is 6.59. The predicted octanol–water partition coefficient (Wildman–Crippen LogP) is 3.82. The van der Waals surface area contributed by atoms with Crippen molar-refractivity contribution in [1.29, 1.82) is 0 Å². The van der Waals surface area contributed by atoms with Gasteiger partial charge in [0.05, 0.1) is 6.10 Å². The fourth-order valence-electron chi connectivity index (χ4n) is 3.18. The fraction of sp³-hybridized carbons (Fsp3) is 0.938. The van der Waals surface area contributed by atoms with Crippen LogP contribution in [0.3, 0.4) is 0 Å². The number of carbonyl (C=O) groups is 1. The Bertz CT molecular complexity index is 309. The molecule has 0 bridgehead atoms. The quantitative estimate of drug-likeness (QED) is 0.607. The Kier molecular flexibility index (Phi) is 8.09. The smallest absolute Gasteiger partial charge is 0.374 e. The van der Waals surface area contributed by atoms with Gasteiger partial charge in [0.15, 0.2) is 0 Å². The third-order valence-corrected chi connectivity index (χ3v) is 6.74. The number of carbonyl (C=O) groups excluding carboxylic acids is 1. The van der Waals surface area contributed by atoms with Gasteiger partial charge in [-0.3, -0.25) is 4.79 Å². The summed E-state index contributed by atoms with van der Waals surface area (Å²) < 4.78 is 18.0. The summed E-state index contributed by atoms with van der Waals surface area (Å²) in [7, 11) is -2.66. The average molecular weight is 317 g/mol. The SMILES string of the molecule is CCO[Si](C)(OCC)O[C@H](C1CCCCC1)[C@@H](C)C(C)=O. The van der Waals surface area contributed by atoms with E-state index in [4.69, 9.17) is 13.3 Å². The topological polar surface area (TPSA) is 44.8 Å². The second kappa shape index (κ2) is 9.03. The molecule has 1 fully saturated rings. The molecule has 4 nitrogen and oxygen atoms in total. The molecule has 0 aromatic rings. The van der Waals surface area contributed by atoms with Crippen molar-refractivity contribution in [3.8, 4) is 0 Å². The maximum atomic E-state index is 11.9. The van der Waals surface area contributed by atoms with Crippen LogP contribution in [0.2, 0.25) is 6.55 Å². The van der Waals surface area contributed by atoms with Crippen molar-refractivity contribution in [2.24, 2.45) is 11.8 Å². The van der Waals surface area contributed by atoms with Crippen molar-refractivity contribution in [3.05, 3.63) is 0 Å². The zero-order chi connectivity index (χ0) is 15.9. The highest BCUT2D eigenvalue weighted by atomic mass is 28.4. The molecule has 0 radical (unpaired) electrons. The number of ketones is 1. The second-order valence-corrected chi connectivity index (χ2v) is 8.65. The second-order valence-electron chi connectivity index (χ2n) is 6.11. The summed E-state index contributed by atoms with van der Waals surface area (Å²) in [6, 6.07) is 0. The van der Waals surface area contributed by atoms with Crippen LogP contribution in [0, 0.1) is 11.8 Å². The van der Waals surface area contributed by atoms with Gasteiger partial charge >= 0.3 is 8.80 Å². The van der Waals surface area contributed by atoms with Gasteiger partial charge in [-0.1, -0.05) is 26.2 Å². The van der Waals surface area contributed by atoms with Crippen molar-refractivity contribution >= 4 is 14.6 Å². The van der Waals surface area contributed by atoms with Crippen LogP contribution in [-0.4, -0.2) is 33.9 Å². The molecule has 2 atom stereocenters. The van der Waals surface area contributed by atoms with E-state index >= 15 is 0 Å². The molecule has 0 heterocycles. The van der Waals surface area contributed by atoms with E-state index in [9.17, 15) is 4.79 Å². The first-order chi connectivity index (χ1) is 9.93. The average Bonchev–Trinajstić information content (AvgIpc) is 2.45. The van der Waals surface area contributed by atoms with Crippen LogP contribution in [0.1, 0.15) is 59.8 Å². The molecule has 1 aliphatic rings. The van der Waals surface area contributed by atoms with Crippen molar-refractivity contribution in [1.82, 2.24) is 0 Å². The van der Waals surface area contributed by atoms with E-state index in [1.807, 2.05) is 27.3 Å². The molecule has 5 heteroatoms. The third kappa shape index (κ3) is 5.81. The Morgan fingerprint density at radius 3 is 2.10 bits per heavy atom. The lowest BCUT2D eigenvalue weighted by atomic mass is 9.80. The highest BCUT2D eigenvalue weighted by Crippen LogP contribution is 2.33. The predicted molar refractivity (Wildman–Crippen MR) is 86.2 cm³/mol. The van der Waals surface area contributed by atoms with E-state index in [1.54, 1.807) is 6.92 Å². The number of hydrogen-bond donors (Lipinski definition) is 0. The minimum absolute atomic E-state index is 0.0717. The number of hydrogen-bond acceptors (Lipinski definition) is 4. The van der Waals surface area contributed by atoms with E-state index in [2.05, 4.69) is 0 Å². The minimum Gasteiger partial charge on any atom is -0.374 e. The Morgan fingerprint density at radius 2 is 1.67 bits per heavy atom. The molecular formula is C16H32O4Si. The molecule has 124 valence electrons. The molecule has 1 aliphatic carbocycles. The first-order valence-corrected chi connectivity index (χ1v) is 10.6. The largest absolute Gasteiger partial charge is 0.497 e. The van der Waals surface area contributed by atoms with Gasteiger partial charge in [-0.05, 0) is 39.5 Å². The monoisotopic (exact) mass is 316 g/mol. The molecule has 21 heavy (non-hydrogen) atoms. The van der Waals surface area contributed by atoms with E-state index in [-0.39, 0.29) is 17.8 Å². The normalized spacial score (nSPS) is 20.2. The molecule has 0 amide bonds. The van der Waals surface area contributed by atoms with Crippen molar-refractivity contribution in [2.45, 2.75) is 72.5 Å². The first kappa shape index (κ1) is 18.8. The molecule has 0 saturated heterocycles. The molecule has 1 rings (SSSR count).